The lowest BCUT2D eigenvalue weighted by atomic mass is 10.6. The molecule has 0 bridgehead atoms. The Morgan fingerprint density at radius 3 is 2.67 bits per heavy atom. The van der Waals surface area contributed by atoms with Crippen LogP contribution in [0.1, 0.15) is 0 Å². The van der Waals surface area contributed by atoms with E-state index in [9.17, 15) is 4.79 Å². The van der Waals surface area contributed by atoms with Gasteiger partial charge in [0.2, 0.25) is 0 Å². The van der Waals surface area contributed by atoms with Crippen molar-refractivity contribution in [1.82, 2.24) is 9.97 Å². The van der Waals surface area contributed by atoms with Crippen LogP contribution in [0.25, 0.3) is 0 Å². The summed E-state index contributed by atoms with van der Waals surface area (Å²) in [5.41, 5.74) is 4.75. The summed E-state index contributed by atoms with van der Waals surface area (Å²) in [6.45, 7) is 0. The van der Waals surface area contributed by atoms with Crippen LogP contribution in [0, 0.1) is 0 Å². The van der Waals surface area contributed by atoms with Gasteiger partial charge in [0.05, 0.1) is 0 Å². The van der Waals surface area contributed by atoms with E-state index in [0.717, 1.165) is 0 Å². The predicted molar refractivity (Wildman–Crippen MR) is 35.0 cm³/mol. The summed E-state index contributed by atoms with van der Waals surface area (Å²) in [6, 6.07) is 1.52. The first-order valence-electron chi connectivity index (χ1n) is 2.10. The van der Waals surface area contributed by atoms with Crippen molar-refractivity contribution in [3.05, 3.63) is 22.7 Å². The van der Waals surface area contributed by atoms with Gasteiger partial charge in [-0.05, 0) is 6.07 Å². The number of nitrogens with one attached hydrogen (secondary N) is 1. The van der Waals surface area contributed by atoms with E-state index in [0.29, 0.717) is 5.82 Å². The lowest BCUT2D eigenvalue weighted by Crippen LogP contribution is -2.10. The van der Waals surface area contributed by atoms with Gasteiger partial charge in [0.1, 0.15) is 5.82 Å². The molecule has 9 heavy (non-hydrogen) atoms. The molecule has 0 aliphatic heterocycles. The van der Waals surface area contributed by atoms with Crippen LogP contribution < -0.4 is 11.4 Å². The summed E-state index contributed by atoms with van der Waals surface area (Å²) in [6.07, 6.45) is 1.36. The number of anilines is 1. The Balaban J connectivity index is 0.000000640. The minimum absolute atomic E-state index is 0. The van der Waals surface area contributed by atoms with Crippen molar-refractivity contribution in [3.63, 3.8) is 0 Å². The molecule has 0 amide bonds. The molecule has 1 rings (SSSR count). The molecule has 0 atom stereocenters. The molecule has 0 saturated heterocycles. The summed E-state index contributed by atoms with van der Waals surface area (Å²) >= 11 is 0. The number of aromatic amines is 1. The van der Waals surface area contributed by atoms with Crippen LogP contribution in [-0.2, 0) is 0 Å². The Hall–Kier alpha value is -0.788. The fraction of sp³-hybridized carbons (Fsp3) is 0. The number of H-pyrrole nitrogens is 1. The van der Waals surface area contributed by atoms with Crippen LogP contribution in [-0.4, -0.2) is 27.3 Å². The van der Waals surface area contributed by atoms with Crippen LogP contribution in [0.15, 0.2) is 17.1 Å². The molecule has 0 spiro atoms. The van der Waals surface area contributed by atoms with Crippen LogP contribution in [0.3, 0.4) is 0 Å². The fourth-order valence-corrected chi connectivity index (χ4v) is 0.383. The standard InChI is InChI=1S/C4H5N3O.Al/c5-3-1-2-6-4(8)7-3;/h1-2H,(H3,5,6,7,8);. The average Bonchev–Trinajstić information content (AvgIpc) is 1.64. The van der Waals surface area contributed by atoms with E-state index in [1.807, 2.05) is 0 Å². The van der Waals surface area contributed by atoms with E-state index < -0.39 is 5.69 Å². The molecule has 0 saturated carbocycles. The van der Waals surface area contributed by atoms with Gasteiger partial charge in [0, 0.05) is 23.6 Å². The van der Waals surface area contributed by atoms with Gasteiger partial charge in [-0.2, -0.15) is 0 Å². The number of aromatic nitrogens is 2. The number of nitrogens with zero attached hydrogens (tertiary/aromatic N) is 1. The lowest BCUT2D eigenvalue weighted by Gasteiger charge is -1.84. The Morgan fingerprint density at radius 2 is 2.33 bits per heavy atom. The third-order valence-electron chi connectivity index (χ3n) is 0.697. The maximum atomic E-state index is 10.2. The van der Waals surface area contributed by atoms with Crippen molar-refractivity contribution in [2.24, 2.45) is 0 Å². The molecule has 5 heteroatoms. The molecule has 0 aromatic carbocycles. The van der Waals surface area contributed by atoms with Gasteiger partial charge in [0.15, 0.2) is 0 Å². The van der Waals surface area contributed by atoms with Crippen molar-refractivity contribution in [1.29, 1.82) is 0 Å². The highest BCUT2D eigenvalue weighted by atomic mass is 27.0. The molecule has 1 aromatic heterocycles. The fourth-order valence-electron chi connectivity index (χ4n) is 0.383. The average molecular weight is 138 g/mol. The monoisotopic (exact) mass is 138 g/mol. The summed E-state index contributed by atoms with van der Waals surface area (Å²) in [5, 5.41) is 0. The SMILES string of the molecule is Nc1ccnc(=O)[nH]1.[Al]. The highest BCUT2D eigenvalue weighted by molar-refractivity contribution is 5.75. The second kappa shape index (κ2) is 3.28. The quantitative estimate of drug-likeness (QED) is 0.450. The van der Waals surface area contributed by atoms with Gasteiger partial charge in [-0.3, -0.25) is 4.98 Å². The first-order chi connectivity index (χ1) is 3.79. The molecule has 45 valence electrons. The van der Waals surface area contributed by atoms with Crippen LogP contribution >= 0.6 is 0 Å². The van der Waals surface area contributed by atoms with E-state index in [4.69, 9.17) is 5.73 Å². The van der Waals surface area contributed by atoms with Gasteiger partial charge in [-0.25, -0.2) is 9.78 Å². The van der Waals surface area contributed by atoms with E-state index in [2.05, 4.69) is 9.97 Å². The molecule has 0 unspecified atom stereocenters. The molecule has 0 aliphatic carbocycles. The summed E-state index contributed by atoms with van der Waals surface area (Å²) < 4.78 is 0. The largest absolute Gasteiger partial charge is 0.385 e. The lowest BCUT2D eigenvalue weighted by molar-refractivity contribution is 1.08. The normalized spacial score (nSPS) is 8.00. The van der Waals surface area contributed by atoms with Gasteiger partial charge < -0.3 is 5.73 Å². The maximum absolute atomic E-state index is 10.2. The number of rotatable bonds is 0. The first-order valence-corrected chi connectivity index (χ1v) is 2.10. The highest BCUT2D eigenvalue weighted by Crippen LogP contribution is 1.82. The Morgan fingerprint density at radius 1 is 1.67 bits per heavy atom. The topological polar surface area (TPSA) is 71.8 Å². The van der Waals surface area contributed by atoms with Crippen molar-refractivity contribution in [2.45, 2.75) is 0 Å². The van der Waals surface area contributed by atoms with E-state index in [-0.39, 0.29) is 17.4 Å². The van der Waals surface area contributed by atoms with Crippen molar-refractivity contribution < 1.29 is 0 Å². The highest BCUT2D eigenvalue weighted by Gasteiger charge is 1.80. The van der Waals surface area contributed by atoms with Crippen LogP contribution in [0.4, 0.5) is 5.82 Å². The molecule has 0 fully saturated rings. The molecular formula is C4H5AlN3O. The molecule has 4 nitrogen and oxygen atoms in total. The second-order valence-electron chi connectivity index (χ2n) is 1.33. The molecule has 1 aromatic rings. The number of nitrogens with two attached hydrogens (primary N) is 1. The van der Waals surface area contributed by atoms with Crippen molar-refractivity contribution in [3.8, 4) is 0 Å². The molecular weight excluding hydrogens is 133 g/mol. The van der Waals surface area contributed by atoms with Gasteiger partial charge in [-0.15, -0.1) is 0 Å². The number of nitrogen functional groups attached to an aromatic ring is 1. The van der Waals surface area contributed by atoms with E-state index >= 15 is 0 Å². The van der Waals surface area contributed by atoms with Gasteiger partial charge in [-0.1, -0.05) is 0 Å². The molecule has 3 N–H and O–H groups in total. The summed E-state index contributed by atoms with van der Waals surface area (Å²) in [7, 11) is 0. The maximum Gasteiger partial charge on any atom is 0.346 e. The van der Waals surface area contributed by atoms with Gasteiger partial charge in [0.25, 0.3) is 0 Å². The predicted octanol–water partition coefficient (Wildman–Crippen LogP) is -1.03. The zero-order chi connectivity index (χ0) is 5.98. The summed E-state index contributed by atoms with van der Waals surface area (Å²) in [5.74, 6) is 0.338. The third-order valence-corrected chi connectivity index (χ3v) is 0.697. The number of hydrogen-bond acceptors (Lipinski definition) is 3. The second-order valence-corrected chi connectivity index (χ2v) is 1.33. The van der Waals surface area contributed by atoms with Crippen LogP contribution in [0.5, 0.6) is 0 Å². The molecule has 0 aliphatic rings. The molecule has 3 radical (unpaired) electrons. The minimum atomic E-state index is -0.412. The minimum Gasteiger partial charge on any atom is -0.385 e. The van der Waals surface area contributed by atoms with Crippen LogP contribution in [0.2, 0.25) is 0 Å². The molecule has 1 heterocycles. The number of hydrogen-bond donors (Lipinski definition) is 2. The Bertz CT molecular complexity index is 233. The first kappa shape index (κ1) is 8.21. The third kappa shape index (κ3) is 2.31. The summed E-state index contributed by atoms with van der Waals surface area (Å²) in [4.78, 5) is 15.9. The van der Waals surface area contributed by atoms with Crippen molar-refractivity contribution in [2.75, 3.05) is 5.73 Å². The zero-order valence-electron chi connectivity index (χ0n) is 4.66. The zero-order valence-corrected chi connectivity index (χ0v) is 5.82. The van der Waals surface area contributed by atoms with E-state index in [1.54, 1.807) is 0 Å². The van der Waals surface area contributed by atoms with Crippen molar-refractivity contribution >= 4 is 23.2 Å². The smallest absolute Gasteiger partial charge is 0.346 e. The van der Waals surface area contributed by atoms with E-state index in [1.165, 1.54) is 12.3 Å². The van der Waals surface area contributed by atoms with Gasteiger partial charge >= 0.3 is 5.69 Å². The Labute approximate surface area is 62.2 Å². The Kier molecular flexibility index (Phi) is 2.99.